The second-order valence-electron chi connectivity index (χ2n) is 3.59. The van der Waals surface area contributed by atoms with Gasteiger partial charge in [0.25, 0.3) is 0 Å². The number of halogens is 1. The molecule has 0 atom stereocenters. The highest BCUT2D eigenvalue weighted by molar-refractivity contribution is 5.86. The molecular weight excluding hydrogens is 262 g/mol. The van der Waals surface area contributed by atoms with Gasteiger partial charge in [-0.05, 0) is 19.8 Å². The third-order valence-corrected chi connectivity index (χ3v) is 2.11. The molecule has 7 heteroatoms. The number of quaternary nitrogens is 1. The number of ether oxygens (including phenoxy) is 1. The van der Waals surface area contributed by atoms with Gasteiger partial charge >= 0.3 is 5.97 Å². The van der Waals surface area contributed by atoms with E-state index in [-0.39, 0.29) is 23.3 Å². The van der Waals surface area contributed by atoms with Gasteiger partial charge < -0.3 is 17.1 Å². The monoisotopic (exact) mass is 283 g/mol. The molecule has 0 aliphatic heterocycles. The van der Waals surface area contributed by atoms with E-state index in [9.17, 15) is 4.79 Å². The maximum absolute atomic E-state index is 11.0. The van der Waals surface area contributed by atoms with Crippen molar-refractivity contribution in [3.63, 3.8) is 0 Å². The lowest BCUT2D eigenvalue weighted by Crippen LogP contribution is -3.00. The first-order chi connectivity index (χ1) is 7.95. The van der Waals surface area contributed by atoms with Gasteiger partial charge in [0.05, 0.1) is 11.6 Å². The minimum absolute atomic E-state index is 0. The minimum Gasteiger partial charge on any atom is -1.00 e. The largest absolute Gasteiger partial charge is 1.00 e. The Kier molecular flexibility index (Phi) is 11.2. The summed E-state index contributed by atoms with van der Waals surface area (Å²) in [6.45, 7) is 5.91. The Morgan fingerprint density at radius 2 is 1.67 bits per heavy atom. The lowest BCUT2D eigenvalue weighted by Gasteiger charge is -2.21. The lowest BCUT2D eigenvalue weighted by molar-refractivity contribution is -1.35. The average molecular weight is 284 g/mol. The molecule has 0 aromatic heterocycles. The number of nitrogens with zero attached hydrogens (tertiary/aromatic N) is 1. The van der Waals surface area contributed by atoms with Crippen LogP contribution in [0.4, 0.5) is 0 Å². The molecule has 0 fully saturated rings. The highest BCUT2D eigenvalue weighted by Gasteiger charge is 2.23. The number of esters is 1. The first-order valence-corrected chi connectivity index (χ1v) is 5.40. The molecule has 0 bridgehead atoms. The molecule has 108 valence electrons. The predicted molar refractivity (Wildman–Crippen MR) is 61.2 cm³/mol. The Morgan fingerprint density at radius 3 is 2.11 bits per heavy atom. The van der Waals surface area contributed by atoms with E-state index in [1.807, 2.05) is 0 Å². The van der Waals surface area contributed by atoms with Crippen LogP contribution >= 0.6 is 0 Å². The van der Waals surface area contributed by atoms with Crippen LogP contribution in [0, 0.1) is 0 Å². The zero-order valence-electron chi connectivity index (χ0n) is 11.4. The fraction of sp³-hybridized carbons (Fsp3) is 0.727. The van der Waals surface area contributed by atoms with Crippen molar-refractivity contribution in [2.24, 2.45) is 0 Å². The second kappa shape index (κ2) is 10.3. The Bertz CT molecular complexity index is 256. The second-order valence-corrected chi connectivity index (χ2v) is 3.59. The van der Waals surface area contributed by atoms with E-state index in [4.69, 9.17) is 19.2 Å². The molecule has 0 aliphatic carbocycles. The van der Waals surface area contributed by atoms with Crippen molar-refractivity contribution in [1.82, 2.24) is 0 Å². The van der Waals surface area contributed by atoms with Gasteiger partial charge in [-0.2, -0.15) is 0 Å². The Labute approximate surface area is 114 Å². The molecule has 0 saturated carbocycles. The minimum atomic E-state index is -0.369. The summed E-state index contributed by atoms with van der Waals surface area (Å²) in [4.78, 5) is 25.9. The normalized spacial score (nSPS) is 10.7. The van der Waals surface area contributed by atoms with Crippen molar-refractivity contribution in [3.8, 4) is 0 Å². The van der Waals surface area contributed by atoms with Gasteiger partial charge in [-0.25, -0.2) is 4.79 Å². The predicted octanol–water partition coefficient (Wildman–Crippen LogP) is -1.61. The zero-order chi connectivity index (χ0) is 13.3. The van der Waals surface area contributed by atoms with E-state index in [0.29, 0.717) is 25.2 Å². The van der Waals surface area contributed by atoms with Crippen LogP contribution in [0.25, 0.3) is 0 Å². The van der Waals surface area contributed by atoms with Gasteiger partial charge in [-0.3, -0.25) is 0 Å². The molecule has 0 spiro atoms. The molecular formula is C11H22ClNO5. The van der Waals surface area contributed by atoms with Crippen LogP contribution < -0.4 is 12.4 Å². The molecule has 0 radical (unpaired) electrons. The standard InChI is InChI=1S/C11H22NO5.ClH/c1-10(2)11(13)16-8-6-7-9-17-12(3,14-4)15-5;/h1,6-9H2,2-5H3;1H/q+1;/p-1. The highest BCUT2D eigenvalue weighted by Crippen LogP contribution is 2.05. The highest BCUT2D eigenvalue weighted by atomic mass is 35.5. The van der Waals surface area contributed by atoms with Gasteiger partial charge in [-0.15, -0.1) is 14.5 Å². The molecule has 0 aliphatic rings. The van der Waals surface area contributed by atoms with Crippen molar-refractivity contribution in [2.45, 2.75) is 19.8 Å². The van der Waals surface area contributed by atoms with Crippen molar-refractivity contribution in [1.29, 1.82) is 0 Å². The van der Waals surface area contributed by atoms with Crippen LogP contribution in [0.3, 0.4) is 0 Å². The van der Waals surface area contributed by atoms with Crippen molar-refractivity contribution in [2.75, 3.05) is 34.5 Å². The number of carbonyl (C=O) groups excluding carboxylic acids is 1. The fourth-order valence-corrected chi connectivity index (χ4v) is 0.903. The number of unbranched alkanes of at least 4 members (excludes halogenated alkanes) is 1. The number of carbonyl (C=O) groups is 1. The van der Waals surface area contributed by atoms with Crippen molar-refractivity contribution < 1.29 is 41.4 Å². The van der Waals surface area contributed by atoms with Gasteiger partial charge in [0.2, 0.25) is 0 Å². The topological polar surface area (TPSA) is 54.0 Å². The molecule has 0 saturated heterocycles. The maximum atomic E-state index is 11.0. The summed E-state index contributed by atoms with van der Waals surface area (Å²) in [5.41, 5.74) is 0.407. The summed E-state index contributed by atoms with van der Waals surface area (Å²) in [5, 5.41) is 0. The number of rotatable bonds is 9. The van der Waals surface area contributed by atoms with Crippen LogP contribution in [-0.4, -0.2) is 45.4 Å². The van der Waals surface area contributed by atoms with Gasteiger partial charge in [0, 0.05) is 5.57 Å². The summed E-state index contributed by atoms with van der Waals surface area (Å²) < 4.78 is 4.93. The Balaban J connectivity index is 0. The van der Waals surface area contributed by atoms with Crippen LogP contribution in [0.2, 0.25) is 0 Å². The van der Waals surface area contributed by atoms with Crippen LogP contribution in [-0.2, 0) is 24.0 Å². The van der Waals surface area contributed by atoms with E-state index in [1.54, 1.807) is 14.0 Å². The molecule has 0 aromatic carbocycles. The third kappa shape index (κ3) is 8.43. The molecule has 18 heavy (non-hydrogen) atoms. The lowest BCUT2D eigenvalue weighted by atomic mass is 10.3. The molecule has 6 nitrogen and oxygen atoms in total. The SMILES string of the molecule is C=C(C)C(=O)OCCCCO[N+](C)(OC)OC.[Cl-]. The van der Waals surface area contributed by atoms with Crippen molar-refractivity contribution >= 4 is 5.97 Å². The van der Waals surface area contributed by atoms with Crippen molar-refractivity contribution in [3.05, 3.63) is 12.2 Å². The quantitative estimate of drug-likeness (QED) is 0.168. The summed E-state index contributed by atoms with van der Waals surface area (Å²) in [6.07, 6.45) is 1.45. The van der Waals surface area contributed by atoms with E-state index < -0.39 is 0 Å². The van der Waals surface area contributed by atoms with E-state index in [0.717, 1.165) is 6.42 Å². The van der Waals surface area contributed by atoms with E-state index in [1.165, 1.54) is 14.2 Å². The average Bonchev–Trinajstić information content (AvgIpc) is 2.32. The van der Waals surface area contributed by atoms with Gasteiger partial charge in [0.15, 0.2) is 7.05 Å². The van der Waals surface area contributed by atoms with Gasteiger partial charge in [0.1, 0.15) is 20.8 Å². The molecule has 0 amide bonds. The van der Waals surface area contributed by atoms with Crippen LogP contribution in [0.5, 0.6) is 0 Å². The smallest absolute Gasteiger partial charge is 0.333 e. The van der Waals surface area contributed by atoms with Crippen LogP contribution in [0.15, 0.2) is 12.2 Å². The molecule has 0 N–H and O–H groups in total. The van der Waals surface area contributed by atoms with E-state index in [2.05, 4.69) is 6.58 Å². The summed E-state index contributed by atoms with van der Waals surface area (Å²) in [6, 6.07) is 0. The Morgan fingerprint density at radius 1 is 1.17 bits per heavy atom. The number of hydrogen-bond acceptors (Lipinski definition) is 5. The van der Waals surface area contributed by atoms with E-state index >= 15 is 0 Å². The summed E-state index contributed by atoms with van der Waals surface area (Å²) in [7, 11) is 4.59. The summed E-state index contributed by atoms with van der Waals surface area (Å²) in [5.74, 6) is -0.361. The summed E-state index contributed by atoms with van der Waals surface area (Å²) >= 11 is 0. The Hall–Kier alpha value is -0.660. The molecule has 0 unspecified atom stereocenters. The number of hydrogen-bond donors (Lipinski definition) is 0. The number of hydroxylamine groups is 3. The first-order valence-electron chi connectivity index (χ1n) is 5.40. The fourth-order valence-electron chi connectivity index (χ4n) is 0.903. The first kappa shape index (κ1) is 19.7. The third-order valence-electron chi connectivity index (χ3n) is 2.11. The molecule has 0 rings (SSSR count). The molecule has 0 aromatic rings. The zero-order valence-corrected chi connectivity index (χ0v) is 12.2. The molecule has 0 heterocycles. The van der Waals surface area contributed by atoms with Crippen LogP contribution in [0.1, 0.15) is 19.8 Å². The maximum Gasteiger partial charge on any atom is 0.333 e. The van der Waals surface area contributed by atoms with Gasteiger partial charge in [-0.1, -0.05) is 6.58 Å².